The van der Waals surface area contributed by atoms with Gasteiger partial charge in [-0.15, -0.1) is 0 Å². The van der Waals surface area contributed by atoms with E-state index in [0.29, 0.717) is 6.08 Å². The molecule has 2 aromatic carbocycles. The summed E-state index contributed by atoms with van der Waals surface area (Å²) in [5.41, 5.74) is -1.47. The zero-order valence-electron chi connectivity index (χ0n) is 16.8. The number of sulfone groups is 1. The summed E-state index contributed by atoms with van der Waals surface area (Å²) >= 11 is 18.5. The fourth-order valence-corrected chi connectivity index (χ4v) is 8.47. The lowest BCUT2D eigenvalue weighted by Gasteiger charge is -2.41. The van der Waals surface area contributed by atoms with E-state index < -0.39 is 48.1 Å². The van der Waals surface area contributed by atoms with Crippen LogP contribution in [0.1, 0.15) is 17.5 Å². The third kappa shape index (κ3) is 4.26. The second-order valence-electron chi connectivity index (χ2n) is 7.34. The van der Waals surface area contributed by atoms with Gasteiger partial charge in [-0.05, 0) is 28.3 Å². The number of benzene rings is 2. The smallest absolute Gasteiger partial charge is 0.221 e. The van der Waals surface area contributed by atoms with Crippen LogP contribution in [0, 0.1) is 0 Å². The zero-order valence-corrected chi connectivity index (χ0v) is 22.3. The molecule has 35 heavy (non-hydrogen) atoms. The molecule has 0 aromatic heterocycles. The van der Waals surface area contributed by atoms with Crippen LogP contribution < -0.4 is 0 Å². The van der Waals surface area contributed by atoms with E-state index in [4.69, 9.17) is 23.2 Å². The maximum absolute atomic E-state index is 15.1. The molecule has 0 heterocycles. The first-order valence-electron chi connectivity index (χ1n) is 9.26. The summed E-state index contributed by atoms with van der Waals surface area (Å²) in [6, 6.07) is 9.76. The SMILES string of the molecule is O=S(=O)(C1(c2ccccc2Cl)C=C(Br)CC(Br)=C1c1ccccc1Cl)C(F)(F)C(F)(F)C(F)(F)F. The molecule has 1 aliphatic rings. The second kappa shape index (κ2) is 9.34. The summed E-state index contributed by atoms with van der Waals surface area (Å²) in [6.07, 6.45) is -6.41. The van der Waals surface area contributed by atoms with E-state index in [1.165, 1.54) is 36.4 Å². The Balaban J connectivity index is 2.59. The summed E-state index contributed by atoms with van der Waals surface area (Å²) in [4.78, 5) is 0. The van der Waals surface area contributed by atoms with Crippen molar-refractivity contribution in [3.63, 3.8) is 0 Å². The molecule has 2 nitrogen and oxygen atoms in total. The maximum Gasteiger partial charge on any atom is 0.461 e. The van der Waals surface area contributed by atoms with E-state index in [-0.39, 0.29) is 26.0 Å². The molecule has 2 aromatic rings. The third-order valence-electron chi connectivity index (χ3n) is 5.23. The molecule has 0 amide bonds. The van der Waals surface area contributed by atoms with Crippen LogP contribution in [-0.2, 0) is 14.6 Å². The van der Waals surface area contributed by atoms with Crippen LogP contribution in [0.4, 0.5) is 30.7 Å². The van der Waals surface area contributed by atoms with Gasteiger partial charge >= 0.3 is 17.4 Å². The zero-order chi connectivity index (χ0) is 26.6. The van der Waals surface area contributed by atoms with Crippen molar-refractivity contribution >= 4 is 70.5 Å². The molecule has 0 aliphatic heterocycles. The van der Waals surface area contributed by atoms with Crippen LogP contribution in [0.25, 0.3) is 5.57 Å². The number of alkyl halides is 7. The first-order chi connectivity index (χ1) is 15.9. The predicted molar refractivity (Wildman–Crippen MR) is 127 cm³/mol. The van der Waals surface area contributed by atoms with E-state index in [2.05, 4.69) is 31.9 Å². The average Bonchev–Trinajstić information content (AvgIpc) is 2.73. The Kier molecular flexibility index (Phi) is 7.60. The molecule has 0 N–H and O–H groups in total. The van der Waals surface area contributed by atoms with E-state index in [9.17, 15) is 30.4 Å². The molecule has 0 saturated heterocycles. The highest BCUT2D eigenvalue weighted by atomic mass is 79.9. The number of hydrogen-bond acceptors (Lipinski definition) is 2. The van der Waals surface area contributed by atoms with Crippen molar-refractivity contribution in [2.24, 2.45) is 0 Å². The van der Waals surface area contributed by atoms with Crippen molar-refractivity contribution in [2.45, 2.75) is 28.5 Å². The minimum Gasteiger partial charge on any atom is -0.221 e. The molecule has 14 heteroatoms. The summed E-state index contributed by atoms with van der Waals surface area (Å²) in [5.74, 6) is -6.96. The molecule has 0 saturated carbocycles. The molecule has 3 rings (SSSR count). The summed E-state index contributed by atoms with van der Waals surface area (Å²) < 4.78 is 122. The fourth-order valence-electron chi connectivity index (χ4n) is 3.66. The van der Waals surface area contributed by atoms with Crippen LogP contribution in [0.3, 0.4) is 0 Å². The Hall–Kier alpha value is -1.08. The molecule has 0 fully saturated rings. The topological polar surface area (TPSA) is 34.1 Å². The van der Waals surface area contributed by atoms with Crippen LogP contribution in [0.15, 0.2) is 63.6 Å². The van der Waals surface area contributed by atoms with Crippen LogP contribution in [-0.4, -0.2) is 25.8 Å². The first kappa shape index (κ1) is 28.5. The highest BCUT2D eigenvalue weighted by Gasteiger charge is 2.81. The third-order valence-corrected chi connectivity index (χ3v) is 9.39. The van der Waals surface area contributed by atoms with E-state index in [0.717, 1.165) is 12.1 Å². The first-order valence-corrected chi connectivity index (χ1v) is 13.1. The molecule has 1 atom stereocenters. The number of halogens is 11. The molecule has 0 bridgehead atoms. The Labute approximate surface area is 222 Å². The van der Waals surface area contributed by atoms with Crippen molar-refractivity contribution in [3.05, 3.63) is 84.7 Å². The van der Waals surface area contributed by atoms with Crippen molar-refractivity contribution < 1.29 is 39.2 Å². The lowest BCUT2D eigenvalue weighted by Crippen LogP contribution is -2.60. The molecule has 0 radical (unpaired) electrons. The summed E-state index contributed by atoms with van der Waals surface area (Å²) in [7, 11) is -6.86. The normalized spacial score (nSPS) is 20.1. The molecule has 190 valence electrons. The quantitative estimate of drug-likeness (QED) is 0.294. The van der Waals surface area contributed by atoms with Crippen molar-refractivity contribution in [3.8, 4) is 0 Å². The summed E-state index contributed by atoms with van der Waals surface area (Å²) in [6.45, 7) is 0. The van der Waals surface area contributed by atoms with Crippen LogP contribution in [0.5, 0.6) is 0 Å². The minimum absolute atomic E-state index is 0.102. The van der Waals surface area contributed by atoms with Gasteiger partial charge in [-0.3, -0.25) is 0 Å². The highest BCUT2D eigenvalue weighted by molar-refractivity contribution is 9.12. The monoisotopic (exact) mass is 688 g/mol. The Morgan fingerprint density at radius 2 is 1.34 bits per heavy atom. The Morgan fingerprint density at radius 3 is 1.86 bits per heavy atom. The van der Waals surface area contributed by atoms with Crippen LogP contribution in [0.2, 0.25) is 10.0 Å². The maximum atomic E-state index is 15.1. The van der Waals surface area contributed by atoms with Gasteiger partial charge in [-0.1, -0.05) is 91.5 Å². The Morgan fingerprint density at radius 1 is 0.829 bits per heavy atom. The van der Waals surface area contributed by atoms with Gasteiger partial charge in [0.1, 0.15) is 0 Å². The minimum atomic E-state index is -6.96. The number of allylic oxidation sites excluding steroid dienone is 2. The van der Waals surface area contributed by atoms with Gasteiger partial charge < -0.3 is 0 Å². The Bertz CT molecular complexity index is 1340. The molecular weight excluding hydrogens is 680 g/mol. The highest BCUT2D eigenvalue weighted by Crippen LogP contribution is 2.61. The van der Waals surface area contributed by atoms with Gasteiger partial charge in [0.05, 0.1) is 0 Å². The van der Waals surface area contributed by atoms with E-state index in [1.807, 2.05) is 0 Å². The van der Waals surface area contributed by atoms with Crippen molar-refractivity contribution in [1.29, 1.82) is 0 Å². The van der Waals surface area contributed by atoms with Gasteiger partial charge in [0, 0.05) is 32.1 Å². The lowest BCUT2D eigenvalue weighted by molar-refractivity contribution is -0.332. The lowest BCUT2D eigenvalue weighted by atomic mass is 9.82. The molecular formula is C21H11Br2Cl2F7O2S. The van der Waals surface area contributed by atoms with Crippen molar-refractivity contribution in [1.82, 2.24) is 0 Å². The van der Waals surface area contributed by atoms with E-state index in [1.54, 1.807) is 0 Å². The standard InChI is InChI=1S/C21H11Br2Cl2F7O2S/c22-11-9-14(23)17(12-5-1-3-7-15(12)24)18(10-11,13-6-2-4-8-16(13)25)35(33,34)21(31,32)19(26,27)20(28,29)30/h1-8,10H,9H2. The summed E-state index contributed by atoms with van der Waals surface area (Å²) in [5, 5.41) is -7.30. The predicted octanol–water partition coefficient (Wildman–Crippen LogP) is 8.88. The second-order valence-corrected chi connectivity index (χ2v) is 12.3. The number of hydrogen-bond donors (Lipinski definition) is 0. The molecule has 1 unspecified atom stereocenters. The average molecular weight is 691 g/mol. The number of rotatable bonds is 5. The van der Waals surface area contributed by atoms with Gasteiger partial charge in [0.15, 0.2) is 4.75 Å². The van der Waals surface area contributed by atoms with Gasteiger partial charge in [0.25, 0.3) is 0 Å². The molecule has 0 spiro atoms. The van der Waals surface area contributed by atoms with Gasteiger partial charge in [-0.2, -0.15) is 30.7 Å². The van der Waals surface area contributed by atoms with Crippen LogP contribution >= 0.6 is 55.1 Å². The molecule has 1 aliphatic carbocycles. The van der Waals surface area contributed by atoms with Gasteiger partial charge in [0.2, 0.25) is 9.84 Å². The fraction of sp³-hybridized carbons (Fsp3) is 0.238. The van der Waals surface area contributed by atoms with E-state index >= 15 is 8.78 Å². The van der Waals surface area contributed by atoms with Crippen molar-refractivity contribution in [2.75, 3.05) is 0 Å². The largest absolute Gasteiger partial charge is 0.461 e. The van der Waals surface area contributed by atoms with Gasteiger partial charge in [-0.25, -0.2) is 8.42 Å².